The number of rotatable bonds is 6. The molecule has 0 aliphatic carbocycles. The van der Waals surface area contributed by atoms with Gasteiger partial charge in [0.15, 0.2) is 0 Å². The van der Waals surface area contributed by atoms with Crippen LogP contribution >= 0.6 is 0 Å². The summed E-state index contributed by atoms with van der Waals surface area (Å²) in [6.45, 7) is 7.19. The van der Waals surface area contributed by atoms with Crippen molar-refractivity contribution in [1.29, 1.82) is 0 Å². The highest BCUT2D eigenvalue weighted by Gasteiger charge is 2.33. The number of ether oxygens (including phenoxy) is 1. The minimum Gasteiger partial charge on any atom is -0.468 e. The first-order valence-corrected chi connectivity index (χ1v) is 7.48. The van der Waals surface area contributed by atoms with Crippen molar-refractivity contribution in [3.63, 3.8) is 0 Å². The molecule has 3 heterocycles. The van der Waals surface area contributed by atoms with Gasteiger partial charge in [-0.1, -0.05) is 6.92 Å². The molecule has 1 aromatic rings. The maximum absolute atomic E-state index is 5.85. The highest BCUT2D eigenvalue weighted by Crippen LogP contribution is 2.27. The van der Waals surface area contributed by atoms with E-state index < -0.39 is 0 Å². The Kier molecular flexibility index (Phi) is 4.21. The van der Waals surface area contributed by atoms with E-state index in [0.717, 1.165) is 38.5 Å². The van der Waals surface area contributed by atoms with Crippen LogP contribution in [0.1, 0.15) is 37.5 Å². The number of nitrogens with one attached hydrogen (secondary N) is 1. The zero-order valence-corrected chi connectivity index (χ0v) is 11.7. The van der Waals surface area contributed by atoms with E-state index in [1.54, 1.807) is 0 Å². The van der Waals surface area contributed by atoms with E-state index >= 15 is 0 Å². The van der Waals surface area contributed by atoms with E-state index in [-0.39, 0.29) is 0 Å². The van der Waals surface area contributed by atoms with E-state index in [0.29, 0.717) is 12.2 Å². The van der Waals surface area contributed by atoms with Gasteiger partial charge in [-0.25, -0.2) is 0 Å². The summed E-state index contributed by atoms with van der Waals surface area (Å²) in [7, 11) is 0. The smallest absolute Gasteiger partial charge is 0.118 e. The van der Waals surface area contributed by atoms with Crippen LogP contribution in [0.5, 0.6) is 0 Å². The molecule has 3 rings (SSSR count). The van der Waals surface area contributed by atoms with Crippen molar-refractivity contribution in [2.45, 2.75) is 51.5 Å². The molecule has 2 saturated heterocycles. The molecule has 0 spiro atoms. The number of fused-ring (bicyclic) bond motifs is 2. The van der Waals surface area contributed by atoms with Crippen molar-refractivity contribution >= 4 is 0 Å². The second-order valence-electron chi connectivity index (χ2n) is 5.75. The second-order valence-corrected chi connectivity index (χ2v) is 5.75. The van der Waals surface area contributed by atoms with Crippen molar-refractivity contribution in [1.82, 2.24) is 10.2 Å². The highest BCUT2D eigenvalue weighted by atomic mass is 16.5. The van der Waals surface area contributed by atoms with Gasteiger partial charge in [-0.3, -0.25) is 4.90 Å². The molecule has 2 aliphatic rings. The average molecular weight is 264 g/mol. The third-order valence-electron chi connectivity index (χ3n) is 3.96. The first-order chi connectivity index (χ1) is 9.33. The third-order valence-corrected chi connectivity index (χ3v) is 3.96. The first kappa shape index (κ1) is 13.2. The molecule has 2 aliphatic heterocycles. The molecule has 2 atom stereocenters. The molecule has 2 fully saturated rings. The fourth-order valence-electron chi connectivity index (χ4n) is 3.06. The molecule has 0 radical (unpaired) electrons. The summed E-state index contributed by atoms with van der Waals surface area (Å²) in [6.07, 6.45) is 6.42. The quantitative estimate of drug-likeness (QED) is 0.799. The number of hydrogen-bond acceptors (Lipinski definition) is 4. The van der Waals surface area contributed by atoms with Crippen LogP contribution in [0.2, 0.25) is 0 Å². The van der Waals surface area contributed by atoms with E-state index in [4.69, 9.17) is 9.15 Å². The lowest BCUT2D eigenvalue weighted by Crippen LogP contribution is -2.41. The van der Waals surface area contributed by atoms with Crippen LogP contribution < -0.4 is 5.32 Å². The van der Waals surface area contributed by atoms with Crippen molar-refractivity contribution in [2.75, 3.05) is 19.6 Å². The number of furan rings is 1. The van der Waals surface area contributed by atoms with Gasteiger partial charge in [0.05, 0.1) is 25.0 Å². The second kappa shape index (κ2) is 6.07. The van der Waals surface area contributed by atoms with Gasteiger partial charge < -0.3 is 14.5 Å². The maximum atomic E-state index is 5.85. The molecular weight excluding hydrogens is 240 g/mol. The summed E-state index contributed by atoms with van der Waals surface area (Å²) in [5, 5.41) is 3.40. The lowest BCUT2D eigenvalue weighted by Gasteiger charge is -2.31. The Bertz CT molecular complexity index is 393. The largest absolute Gasteiger partial charge is 0.468 e. The van der Waals surface area contributed by atoms with E-state index in [2.05, 4.69) is 23.2 Å². The van der Waals surface area contributed by atoms with Gasteiger partial charge in [0.25, 0.3) is 0 Å². The predicted octanol–water partition coefficient (Wildman–Crippen LogP) is 2.14. The van der Waals surface area contributed by atoms with E-state index in [1.807, 2.05) is 6.26 Å². The number of nitrogens with zero attached hydrogens (tertiary/aromatic N) is 1. The van der Waals surface area contributed by atoms with Gasteiger partial charge in [0.2, 0.25) is 0 Å². The summed E-state index contributed by atoms with van der Waals surface area (Å²) < 4.78 is 11.5. The van der Waals surface area contributed by atoms with Crippen LogP contribution in [0, 0.1) is 0 Å². The zero-order chi connectivity index (χ0) is 13.1. The molecule has 0 amide bonds. The highest BCUT2D eigenvalue weighted by molar-refractivity contribution is 5.12. The molecule has 2 bridgehead atoms. The Morgan fingerprint density at radius 2 is 2.11 bits per heavy atom. The maximum Gasteiger partial charge on any atom is 0.118 e. The SMILES string of the molecule is CCCNCc1coc(CN2CC3CCC(C2)O3)c1. The van der Waals surface area contributed by atoms with Crippen molar-refractivity contribution in [3.05, 3.63) is 23.7 Å². The fourth-order valence-corrected chi connectivity index (χ4v) is 3.06. The summed E-state index contributed by atoms with van der Waals surface area (Å²) >= 11 is 0. The summed E-state index contributed by atoms with van der Waals surface area (Å²) in [6, 6.07) is 2.18. The van der Waals surface area contributed by atoms with Crippen molar-refractivity contribution in [3.8, 4) is 0 Å². The molecule has 19 heavy (non-hydrogen) atoms. The van der Waals surface area contributed by atoms with Gasteiger partial charge in [0.1, 0.15) is 5.76 Å². The molecule has 0 saturated carbocycles. The predicted molar refractivity (Wildman–Crippen MR) is 73.9 cm³/mol. The van der Waals surface area contributed by atoms with Crippen LogP contribution in [-0.4, -0.2) is 36.7 Å². The summed E-state index contributed by atoms with van der Waals surface area (Å²) in [5.74, 6) is 1.08. The standard InChI is InChI=1S/C15H24N2O2/c1-2-5-16-7-12-6-15(18-11-12)10-17-8-13-3-4-14(9-17)19-13/h6,11,13-14,16H,2-5,7-10H2,1H3. The van der Waals surface area contributed by atoms with E-state index in [1.165, 1.54) is 24.8 Å². The van der Waals surface area contributed by atoms with Crippen LogP contribution in [0.25, 0.3) is 0 Å². The summed E-state index contributed by atoms with van der Waals surface area (Å²) in [4.78, 5) is 2.47. The normalized spacial score (nSPS) is 27.0. The Labute approximate surface area is 115 Å². The molecule has 106 valence electrons. The summed E-state index contributed by atoms with van der Waals surface area (Å²) in [5.41, 5.74) is 1.25. The Hall–Kier alpha value is -0.840. The molecule has 4 heteroatoms. The van der Waals surface area contributed by atoms with Crippen molar-refractivity contribution < 1.29 is 9.15 Å². The Balaban J connectivity index is 1.49. The van der Waals surface area contributed by atoms with Crippen LogP contribution in [0.4, 0.5) is 0 Å². The molecule has 0 aromatic carbocycles. The molecule has 4 nitrogen and oxygen atoms in total. The molecule has 1 N–H and O–H groups in total. The number of likely N-dealkylation sites (tertiary alicyclic amines) is 1. The first-order valence-electron chi connectivity index (χ1n) is 7.48. The van der Waals surface area contributed by atoms with Gasteiger partial charge in [-0.2, -0.15) is 0 Å². The number of morpholine rings is 1. The molecule has 2 unspecified atom stereocenters. The van der Waals surface area contributed by atoms with E-state index in [9.17, 15) is 0 Å². The van der Waals surface area contributed by atoms with Gasteiger partial charge >= 0.3 is 0 Å². The minimum absolute atomic E-state index is 0.458. The molecule has 1 aromatic heterocycles. The number of hydrogen-bond donors (Lipinski definition) is 1. The minimum atomic E-state index is 0.458. The Morgan fingerprint density at radius 1 is 1.32 bits per heavy atom. The van der Waals surface area contributed by atoms with Crippen LogP contribution in [0.15, 0.2) is 16.7 Å². The van der Waals surface area contributed by atoms with Gasteiger partial charge in [0, 0.05) is 25.2 Å². The third kappa shape index (κ3) is 3.38. The topological polar surface area (TPSA) is 37.6 Å². The zero-order valence-electron chi connectivity index (χ0n) is 11.7. The lowest BCUT2D eigenvalue weighted by atomic mass is 10.2. The average Bonchev–Trinajstić information content (AvgIpc) is 2.97. The molecular formula is C15H24N2O2. The van der Waals surface area contributed by atoms with Gasteiger partial charge in [-0.05, 0) is 31.9 Å². The van der Waals surface area contributed by atoms with Crippen molar-refractivity contribution in [2.24, 2.45) is 0 Å². The van der Waals surface area contributed by atoms with Crippen LogP contribution in [-0.2, 0) is 17.8 Å². The lowest BCUT2D eigenvalue weighted by molar-refractivity contribution is -0.0427. The van der Waals surface area contributed by atoms with Gasteiger partial charge in [-0.15, -0.1) is 0 Å². The Morgan fingerprint density at radius 3 is 2.84 bits per heavy atom. The van der Waals surface area contributed by atoms with Crippen LogP contribution in [0.3, 0.4) is 0 Å². The fraction of sp³-hybridized carbons (Fsp3) is 0.733. The monoisotopic (exact) mass is 264 g/mol.